The Morgan fingerprint density at radius 1 is 1.14 bits per heavy atom. The zero-order valence-corrected chi connectivity index (χ0v) is 16.0. The van der Waals surface area contributed by atoms with E-state index in [1.165, 1.54) is 4.90 Å². The maximum Gasteiger partial charge on any atom is 0.323 e. The van der Waals surface area contributed by atoms with Gasteiger partial charge >= 0.3 is 5.97 Å². The molecule has 1 aromatic carbocycles. The van der Waals surface area contributed by atoms with Crippen molar-refractivity contribution in [3.63, 3.8) is 0 Å². The van der Waals surface area contributed by atoms with E-state index in [1.807, 2.05) is 35.2 Å². The summed E-state index contributed by atoms with van der Waals surface area (Å²) in [5, 5.41) is 12.8. The van der Waals surface area contributed by atoms with Crippen LogP contribution in [0.1, 0.15) is 37.7 Å². The highest BCUT2D eigenvalue weighted by Gasteiger charge is 2.52. The number of piperidine rings is 1. The van der Waals surface area contributed by atoms with Crippen molar-refractivity contribution in [1.29, 1.82) is 0 Å². The summed E-state index contributed by atoms with van der Waals surface area (Å²) in [6.45, 7) is 0.807. The molecule has 1 unspecified atom stereocenters. The van der Waals surface area contributed by atoms with Crippen molar-refractivity contribution >= 4 is 17.8 Å². The lowest BCUT2D eigenvalue weighted by Gasteiger charge is -2.45. The lowest BCUT2D eigenvalue weighted by molar-refractivity contribution is -0.149. The summed E-state index contributed by atoms with van der Waals surface area (Å²) in [5.41, 5.74) is 0.365. The van der Waals surface area contributed by atoms with Crippen LogP contribution in [0.4, 0.5) is 0 Å². The number of amides is 2. The molecule has 150 valence electrons. The first-order chi connectivity index (χ1) is 13.5. The Morgan fingerprint density at radius 2 is 1.82 bits per heavy atom. The predicted molar refractivity (Wildman–Crippen MR) is 102 cm³/mol. The maximum absolute atomic E-state index is 13.0. The second-order valence-electron chi connectivity index (χ2n) is 8.19. The molecule has 1 atom stereocenters. The summed E-state index contributed by atoms with van der Waals surface area (Å²) in [6.07, 6.45) is 4.73. The van der Waals surface area contributed by atoms with Crippen LogP contribution in [0.15, 0.2) is 30.3 Å². The topological polar surface area (TPSA) is 89.9 Å². The van der Waals surface area contributed by atoms with Gasteiger partial charge in [-0.05, 0) is 24.8 Å². The van der Waals surface area contributed by atoms with E-state index in [2.05, 4.69) is 5.32 Å². The number of carbonyl (C=O) groups excluding carboxylic acids is 2. The van der Waals surface area contributed by atoms with Crippen LogP contribution in [0, 0.1) is 5.92 Å². The minimum absolute atomic E-state index is 0.160. The fourth-order valence-electron chi connectivity index (χ4n) is 4.64. The van der Waals surface area contributed by atoms with Gasteiger partial charge in [0, 0.05) is 31.8 Å². The minimum atomic E-state index is -1.01. The molecule has 1 aliphatic carbocycles. The van der Waals surface area contributed by atoms with E-state index in [-0.39, 0.29) is 24.3 Å². The van der Waals surface area contributed by atoms with E-state index in [0.29, 0.717) is 32.4 Å². The van der Waals surface area contributed by atoms with Crippen LogP contribution in [0.3, 0.4) is 0 Å². The molecule has 7 nitrogen and oxygen atoms in total. The van der Waals surface area contributed by atoms with Crippen molar-refractivity contribution in [2.24, 2.45) is 5.92 Å². The number of benzene rings is 1. The number of carboxylic acids is 1. The van der Waals surface area contributed by atoms with E-state index in [1.54, 1.807) is 0 Å². The molecule has 2 aliphatic heterocycles. The monoisotopic (exact) mass is 385 g/mol. The SMILES string of the molecule is O=C(O)CN1C(=O)C(Cc2ccccc2)NC12CCN(C(=O)C1CCC1)CC2. The molecule has 2 amide bonds. The quantitative estimate of drug-likeness (QED) is 0.796. The maximum atomic E-state index is 13.0. The number of likely N-dealkylation sites (tertiary alicyclic amines) is 1. The molecule has 0 bridgehead atoms. The second kappa shape index (κ2) is 7.54. The third-order valence-corrected chi connectivity index (χ3v) is 6.46. The van der Waals surface area contributed by atoms with E-state index in [0.717, 1.165) is 24.8 Å². The standard InChI is InChI=1S/C21H27N3O4/c25-18(26)14-24-20(28)17(13-15-5-2-1-3-6-15)22-21(24)9-11-23(12-10-21)19(27)16-7-4-8-16/h1-3,5-6,16-17,22H,4,7-14H2,(H,25,26). The number of carbonyl (C=O) groups is 3. The summed E-state index contributed by atoms with van der Waals surface area (Å²) in [4.78, 5) is 40.4. The molecular weight excluding hydrogens is 358 g/mol. The van der Waals surface area contributed by atoms with E-state index < -0.39 is 17.7 Å². The average Bonchev–Trinajstić information content (AvgIpc) is 2.87. The molecule has 4 rings (SSSR count). The minimum Gasteiger partial charge on any atom is -0.480 e. The largest absolute Gasteiger partial charge is 0.480 e. The van der Waals surface area contributed by atoms with Gasteiger partial charge in [0.15, 0.2) is 0 Å². The van der Waals surface area contributed by atoms with Crippen molar-refractivity contribution in [2.45, 2.75) is 50.2 Å². The van der Waals surface area contributed by atoms with E-state index in [9.17, 15) is 19.5 Å². The first kappa shape index (κ1) is 18.9. The molecule has 3 fully saturated rings. The second-order valence-corrected chi connectivity index (χ2v) is 8.19. The van der Waals surface area contributed by atoms with Crippen molar-refractivity contribution < 1.29 is 19.5 Å². The Balaban J connectivity index is 1.48. The fourth-order valence-corrected chi connectivity index (χ4v) is 4.64. The molecule has 2 saturated heterocycles. The lowest BCUT2D eigenvalue weighted by Crippen LogP contribution is -2.61. The highest BCUT2D eigenvalue weighted by molar-refractivity contribution is 5.88. The van der Waals surface area contributed by atoms with Crippen molar-refractivity contribution in [3.05, 3.63) is 35.9 Å². The first-order valence-electron chi connectivity index (χ1n) is 10.1. The van der Waals surface area contributed by atoms with Gasteiger partial charge in [0.1, 0.15) is 6.54 Å². The fraction of sp³-hybridized carbons (Fsp3) is 0.571. The van der Waals surface area contributed by atoms with Crippen molar-refractivity contribution in [3.8, 4) is 0 Å². The van der Waals surface area contributed by atoms with Gasteiger partial charge in [0.2, 0.25) is 11.8 Å². The highest BCUT2D eigenvalue weighted by Crippen LogP contribution is 2.35. The zero-order valence-electron chi connectivity index (χ0n) is 16.0. The third kappa shape index (κ3) is 3.51. The Morgan fingerprint density at radius 3 is 2.39 bits per heavy atom. The number of carboxylic acid groups (broad SMARTS) is 1. The Hall–Kier alpha value is -2.41. The number of nitrogens with one attached hydrogen (secondary N) is 1. The third-order valence-electron chi connectivity index (χ3n) is 6.46. The molecule has 2 heterocycles. The molecule has 0 aromatic heterocycles. The molecule has 1 saturated carbocycles. The number of nitrogens with zero attached hydrogens (tertiary/aromatic N) is 2. The normalized spacial score (nSPS) is 24.4. The van der Waals surface area contributed by atoms with Gasteiger partial charge in [-0.15, -0.1) is 0 Å². The number of aliphatic carboxylic acids is 1. The molecule has 28 heavy (non-hydrogen) atoms. The molecule has 2 N–H and O–H groups in total. The van der Waals surface area contributed by atoms with Crippen molar-refractivity contribution in [2.75, 3.05) is 19.6 Å². The number of rotatable bonds is 5. The molecule has 3 aliphatic rings. The highest BCUT2D eigenvalue weighted by atomic mass is 16.4. The Labute approximate surface area is 164 Å². The summed E-state index contributed by atoms with van der Waals surface area (Å²) in [6, 6.07) is 9.31. The van der Waals surface area contributed by atoms with E-state index >= 15 is 0 Å². The molecule has 0 radical (unpaired) electrons. The van der Waals surface area contributed by atoms with Crippen molar-refractivity contribution in [1.82, 2.24) is 15.1 Å². The Kier molecular flexibility index (Phi) is 5.10. The zero-order chi connectivity index (χ0) is 19.7. The van der Waals surface area contributed by atoms with Gasteiger partial charge in [-0.25, -0.2) is 0 Å². The summed E-state index contributed by atoms with van der Waals surface area (Å²) in [7, 11) is 0. The van der Waals surface area contributed by atoms with Gasteiger partial charge in [0.25, 0.3) is 0 Å². The number of hydrogen-bond donors (Lipinski definition) is 2. The van der Waals surface area contributed by atoms with Crippen LogP contribution in [0.5, 0.6) is 0 Å². The first-order valence-corrected chi connectivity index (χ1v) is 10.1. The van der Waals surface area contributed by atoms with Gasteiger partial charge in [0.05, 0.1) is 11.7 Å². The van der Waals surface area contributed by atoms with Gasteiger partial charge in [-0.3, -0.25) is 19.7 Å². The Bertz CT molecular complexity index is 754. The summed E-state index contributed by atoms with van der Waals surface area (Å²) < 4.78 is 0. The summed E-state index contributed by atoms with van der Waals surface area (Å²) in [5.74, 6) is -0.794. The van der Waals surface area contributed by atoms with Crippen LogP contribution in [0.2, 0.25) is 0 Å². The molecular formula is C21H27N3O4. The summed E-state index contributed by atoms with van der Waals surface area (Å²) >= 11 is 0. The van der Waals surface area contributed by atoms with Crippen LogP contribution in [0.25, 0.3) is 0 Å². The molecule has 1 aromatic rings. The van der Waals surface area contributed by atoms with Crippen LogP contribution < -0.4 is 5.32 Å². The lowest BCUT2D eigenvalue weighted by atomic mass is 9.83. The van der Waals surface area contributed by atoms with Gasteiger partial charge in [-0.2, -0.15) is 0 Å². The predicted octanol–water partition coefficient (Wildman–Crippen LogP) is 1.23. The smallest absolute Gasteiger partial charge is 0.323 e. The average molecular weight is 385 g/mol. The van der Waals surface area contributed by atoms with Gasteiger partial charge in [-0.1, -0.05) is 36.8 Å². The number of hydrogen-bond acceptors (Lipinski definition) is 4. The van der Waals surface area contributed by atoms with Crippen LogP contribution in [-0.4, -0.2) is 64.0 Å². The molecule has 1 spiro atoms. The molecule has 7 heteroatoms. The van der Waals surface area contributed by atoms with Crippen LogP contribution in [-0.2, 0) is 20.8 Å². The van der Waals surface area contributed by atoms with Gasteiger partial charge < -0.3 is 14.9 Å². The van der Waals surface area contributed by atoms with Crippen LogP contribution >= 0.6 is 0 Å². The van der Waals surface area contributed by atoms with E-state index in [4.69, 9.17) is 0 Å².